The first-order valence-electron chi connectivity index (χ1n) is 8.71. The van der Waals surface area contributed by atoms with Crippen LogP contribution in [0.1, 0.15) is 35.2 Å². The van der Waals surface area contributed by atoms with Crippen LogP contribution in [-0.2, 0) is 9.59 Å². The molecule has 0 atom stereocenters. The molecule has 0 aliphatic carbocycles. The summed E-state index contributed by atoms with van der Waals surface area (Å²) in [5.41, 5.74) is 6.94. The molecule has 3 amide bonds. The van der Waals surface area contributed by atoms with Crippen LogP contribution in [0.4, 0.5) is 0 Å². The lowest BCUT2D eigenvalue weighted by atomic mass is 10.1. The van der Waals surface area contributed by atoms with Gasteiger partial charge >= 0.3 is 0 Å². The first kappa shape index (κ1) is 18.3. The molecule has 1 aliphatic rings. The molecule has 0 fully saturated rings. The molecule has 2 aromatic carbocycles. The molecule has 0 unspecified atom stereocenters. The highest BCUT2D eigenvalue weighted by Crippen LogP contribution is 2.14. The van der Waals surface area contributed by atoms with Gasteiger partial charge < -0.3 is 0 Å². The van der Waals surface area contributed by atoms with Gasteiger partial charge in [0.2, 0.25) is 11.8 Å². The summed E-state index contributed by atoms with van der Waals surface area (Å²) in [5, 5.41) is 5.75. The Labute approximate surface area is 157 Å². The van der Waals surface area contributed by atoms with Crippen LogP contribution in [0.5, 0.6) is 0 Å². The molecule has 0 saturated carbocycles. The maximum atomic E-state index is 12.2. The highest BCUT2D eigenvalue weighted by atomic mass is 16.2. The van der Waals surface area contributed by atoms with Crippen LogP contribution < -0.4 is 10.9 Å². The fraction of sp³-hybridized carbons (Fsp3) is 0.200. The first-order chi connectivity index (χ1) is 13.1. The number of hydrogen-bond donors (Lipinski definition) is 2. The van der Waals surface area contributed by atoms with E-state index < -0.39 is 11.8 Å². The molecule has 7 heteroatoms. The Morgan fingerprint density at radius 1 is 0.889 bits per heavy atom. The lowest BCUT2D eigenvalue weighted by Gasteiger charge is -2.11. The van der Waals surface area contributed by atoms with E-state index in [1.165, 1.54) is 5.01 Å². The van der Waals surface area contributed by atoms with Gasteiger partial charge in [-0.25, -0.2) is 5.01 Å². The molecule has 1 heterocycles. The fourth-order valence-corrected chi connectivity index (χ4v) is 2.67. The summed E-state index contributed by atoms with van der Waals surface area (Å²) in [6.45, 7) is 0.509. The summed E-state index contributed by atoms with van der Waals surface area (Å²) in [7, 11) is 0. The summed E-state index contributed by atoms with van der Waals surface area (Å²) in [6.07, 6.45) is 0.689. The van der Waals surface area contributed by atoms with E-state index in [0.717, 1.165) is 11.3 Å². The van der Waals surface area contributed by atoms with Crippen molar-refractivity contribution in [3.05, 3.63) is 71.8 Å². The largest absolute Gasteiger partial charge is 0.273 e. The SMILES string of the molecule is O=C(CCC(=O)N1CCC(c2ccccc2)=N1)NNC(=O)c1ccccc1. The van der Waals surface area contributed by atoms with Crippen LogP contribution in [0.3, 0.4) is 0 Å². The monoisotopic (exact) mass is 364 g/mol. The highest BCUT2D eigenvalue weighted by Gasteiger charge is 2.22. The topological polar surface area (TPSA) is 90.9 Å². The van der Waals surface area contributed by atoms with Crippen molar-refractivity contribution in [1.82, 2.24) is 15.9 Å². The van der Waals surface area contributed by atoms with E-state index in [9.17, 15) is 14.4 Å². The number of carbonyl (C=O) groups is 3. The standard InChI is InChI=1S/C20H20N4O3/c25-18(21-22-20(27)16-9-5-2-6-10-16)11-12-19(26)24-14-13-17(23-24)15-7-3-1-4-8-15/h1-10H,11-14H2,(H,21,25)(H,22,27). The number of rotatable bonds is 5. The quantitative estimate of drug-likeness (QED) is 0.794. The van der Waals surface area contributed by atoms with Crippen LogP contribution >= 0.6 is 0 Å². The van der Waals surface area contributed by atoms with E-state index in [1.54, 1.807) is 30.3 Å². The first-order valence-corrected chi connectivity index (χ1v) is 8.71. The van der Waals surface area contributed by atoms with Gasteiger partial charge in [0.05, 0.1) is 12.3 Å². The van der Waals surface area contributed by atoms with Crippen molar-refractivity contribution in [3.8, 4) is 0 Å². The minimum absolute atomic E-state index is 0.0264. The van der Waals surface area contributed by atoms with Crippen molar-refractivity contribution >= 4 is 23.4 Å². The molecule has 1 aliphatic heterocycles. The third-order valence-corrected chi connectivity index (χ3v) is 4.11. The molecule has 0 bridgehead atoms. The number of hydrazine groups is 1. The van der Waals surface area contributed by atoms with Crippen LogP contribution in [0, 0.1) is 0 Å². The maximum Gasteiger partial charge on any atom is 0.269 e. The molecule has 0 aromatic heterocycles. The summed E-state index contributed by atoms with van der Waals surface area (Å²) in [5.74, 6) is -1.06. The second-order valence-electron chi connectivity index (χ2n) is 6.05. The van der Waals surface area contributed by atoms with Crippen molar-refractivity contribution in [2.24, 2.45) is 5.10 Å². The minimum atomic E-state index is -0.431. The number of nitrogens with one attached hydrogen (secondary N) is 2. The van der Waals surface area contributed by atoms with Crippen molar-refractivity contribution in [1.29, 1.82) is 0 Å². The summed E-state index contributed by atoms with van der Waals surface area (Å²) < 4.78 is 0. The average Bonchev–Trinajstić information content (AvgIpc) is 3.22. The van der Waals surface area contributed by atoms with E-state index in [1.807, 2.05) is 30.3 Å². The summed E-state index contributed by atoms with van der Waals surface area (Å²) >= 11 is 0. The van der Waals surface area contributed by atoms with Crippen LogP contribution in [0.2, 0.25) is 0 Å². The van der Waals surface area contributed by atoms with E-state index in [2.05, 4.69) is 16.0 Å². The van der Waals surface area contributed by atoms with Crippen molar-refractivity contribution in [2.45, 2.75) is 19.3 Å². The van der Waals surface area contributed by atoms with E-state index in [4.69, 9.17) is 0 Å². The van der Waals surface area contributed by atoms with Gasteiger partial charge in [-0.3, -0.25) is 25.2 Å². The predicted octanol–water partition coefficient (Wildman–Crippen LogP) is 1.86. The third kappa shape index (κ3) is 5.01. The van der Waals surface area contributed by atoms with Gasteiger partial charge in [-0.2, -0.15) is 5.10 Å². The Kier molecular flexibility index (Phi) is 5.94. The molecule has 138 valence electrons. The predicted molar refractivity (Wildman–Crippen MR) is 101 cm³/mol. The van der Waals surface area contributed by atoms with Crippen molar-refractivity contribution < 1.29 is 14.4 Å². The zero-order valence-electron chi connectivity index (χ0n) is 14.7. The summed E-state index contributed by atoms with van der Waals surface area (Å²) in [4.78, 5) is 35.9. The van der Waals surface area contributed by atoms with Crippen molar-refractivity contribution in [3.63, 3.8) is 0 Å². The zero-order valence-corrected chi connectivity index (χ0v) is 14.7. The third-order valence-electron chi connectivity index (χ3n) is 4.11. The Balaban J connectivity index is 1.43. The Hall–Kier alpha value is -3.48. The Morgan fingerprint density at radius 2 is 1.56 bits per heavy atom. The minimum Gasteiger partial charge on any atom is -0.273 e. The average molecular weight is 364 g/mol. The number of benzene rings is 2. The number of amides is 3. The molecule has 0 radical (unpaired) electrons. The van der Waals surface area contributed by atoms with Gasteiger partial charge in [-0.05, 0) is 17.7 Å². The molecular formula is C20H20N4O3. The van der Waals surface area contributed by atoms with Gasteiger partial charge in [-0.1, -0.05) is 48.5 Å². The fourth-order valence-electron chi connectivity index (χ4n) is 2.67. The second kappa shape index (κ2) is 8.75. The van der Waals surface area contributed by atoms with Crippen LogP contribution in [0.25, 0.3) is 0 Å². The highest BCUT2D eigenvalue weighted by molar-refractivity contribution is 6.02. The normalized spacial score (nSPS) is 13.0. The Bertz CT molecular complexity index is 850. The lowest BCUT2D eigenvalue weighted by molar-refractivity contribution is -0.133. The number of hydrogen-bond acceptors (Lipinski definition) is 4. The molecule has 3 rings (SSSR count). The number of carbonyl (C=O) groups excluding carboxylic acids is 3. The molecule has 0 spiro atoms. The molecule has 0 saturated heterocycles. The van der Waals surface area contributed by atoms with Gasteiger partial charge in [0.25, 0.3) is 5.91 Å². The van der Waals surface area contributed by atoms with Crippen LogP contribution in [-0.4, -0.2) is 35.0 Å². The van der Waals surface area contributed by atoms with Gasteiger partial charge in [0.1, 0.15) is 0 Å². The number of hydrazone groups is 1. The maximum absolute atomic E-state index is 12.2. The molecule has 7 nitrogen and oxygen atoms in total. The molecule has 2 N–H and O–H groups in total. The Morgan fingerprint density at radius 3 is 2.26 bits per heavy atom. The molecule has 2 aromatic rings. The second-order valence-corrected chi connectivity index (χ2v) is 6.05. The van der Waals surface area contributed by atoms with E-state index in [-0.39, 0.29) is 18.7 Å². The van der Waals surface area contributed by atoms with Gasteiger partial charge in [0.15, 0.2) is 0 Å². The van der Waals surface area contributed by atoms with Crippen molar-refractivity contribution in [2.75, 3.05) is 6.54 Å². The van der Waals surface area contributed by atoms with Crippen LogP contribution in [0.15, 0.2) is 65.8 Å². The van der Waals surface area contributed by atoms with E-state index >= 15 is 0 Å². The van der Waals surface area contributed by atoms with Gasteiger partial charge in [-0.15, -0.1) is 0 Å². The smallest absolute Gasteiger partial charge is 0.269 e. The van der Waals surface area contributed by atoms with Gasteiger partial charge in [0, 0.05) is 24.8 Å². The number of nitrogens with zero attached hydrogens (tertiary/aromatic N) is 2. The molecular weight excluding hydrogens is 344 g/mol. The molecule has 27 heavy (non-hydrogen) atoms. The zero-order chi connectivity index (χ0) is 19.1. The lowest BCUT2D eigenvalue weighted by Crippen LogP contribution is -2.42. The summed E-state index contributed by atoms with van der Waals surface area (Å²) in [6, 6.07) is 18.2. The van der Waals surface area contributed by atoms with E-state index in [0.29, 0.717) is 18.5 Å².